The quantitative estimate of drug-likeness (QED) is 0.666. The van der Waals surface area contributed by atoms with Gasteiger partial charge in [-0.2, -0.15) is 0 Å². The molecule has 30 heavy (non-hydrogen) atoms. The molecule has 0 aromatic heterocycles. The normalized spacial score (nSPS) is 53.0. The van der Waals surface area contributed by atoms with Crippen molar-refractivity contribution in [2.75, 3.05) is 34.7 Å². The lowest BCUT2D eigenvalue weighted by Crippen LogP contribution is -2.58. The molecule has 1 N–H and O–H groups in total. The predicted molar refractivity (Wildman–Crippen MR) is 103 cm³/mol. The molecule has 5 fully saturated rings. The molecule has 2 heterocycles. The van der Waals surface area contributed by atoms with Crippen molar-refractivity contribution in [3.05, 3.63) is 0 Å². The molecule has 8 heteroatoms. The molecule has 0 aromatic carbocycles. The number of aliphatic hydroxyl groups excluding tert-OH is 1. The van der Waals surface area contributed by atoms with Gasteiger partial charge < -0.3 is 33.5 Å². The van der Waals surface area contributed by atoms with Crippen LogP contribution >= 0.6 is 0 Å². The van der Waals surface area contributed by atoms with Crippen molar-refractivity contribution in [2.24, 2.45) is 35.5 Å². The van der Waals surface area contributed by atoms with Crippen LogP contribution in [0.5, 0.6) is 0 Å². The van der Waals surface area contributed by atoms with Crippen LogP contribution in [0, 0.1) is 35.5 Å². The van der Waals surface area contributed by atoms with Gasteiger partial charge in [0.25, 0.3) is 0 Å². The minimum atomic E-state index is -0.542. The van der Waals surface area contributed by atoms with E-state index in [4.69, 9.17) is 28.4 Å². The number of carbonyl (C=O) groups is 1. The first kappa shape index (κ1) is 21.1. The number of cyclic esters (lactones) is 1. The average molecular weight is 427 g/mol. The van der Waals surface area contributed by atoms with E-state index in [1.807, 2.05) is 0 Å². The standard InChI is InChI=1S/C22H34O8/c1-25-16-4-10(5-17(26-2)21(16)27-3)18-11-6-14-15(30-9-29-14)7-12(11)20(23)13-8-28-22(24)19(13)18/h10-21,23H,4-9H2,1-3H3/t10?,11?,12?,13?,14?,15?,16?,17?,18-,19?,20+,21?/m1/s1. The van der Waals surface area contributed by atoms with Gasteiger partial charge in [-0.15, -0.1) is 0 Å². The molecule has 3 saturated carbocycles. The summed E-state index contributed by atoms with van der Waals surface area (Å²) in [6.45, 7) is 0.631. The fraction of sp³-hybridized carbons (Fsp3) is 0.955. The van der Waals surface area contributed by atoms with Gasteiger partial charge in [-0.05, 0) is 49.4 Å². The van der Waals surface area contributed by atoms with Crippen molar-refractivity contribution in [1.29, 1.82) is 0 Å². The summed E-state index contributed by atoms with van der Waals surface area (Å²) in [6.07, 6.45) is 2.42. The lowest BCUT2D eigenvalue weighted by atomic mass is 9.52. The Labute approximate surface area is 177 Å². The van der Waals surface area contributed by atoms with Crippen LogP contribution in [0.25, 0.3) is 0 Å². The summed E-state index contributed by atoms with van der Waals surface area (Å²) in [5.74, 6) is 0.0266. The van der Waals surface area contributed by atoms with Crippen LogP contribution in [-0.4, -0.2) is 82.4 Å². The van der Waals surface area contributed by atoms with Crippen LogP contribution < -0.4 is 0 Å². The maximum Gasteiger partial charge on any atom is 0.309 e. The van der Waals surface area contributed by atoms with Gasteiger partial charge in [0.1, 0.15) is 12.9 Å². The molecule has 0 spiro atoms. The second kappa shape index (κ2) is 8.30. The molecule has 0 bridgehead atoms. The molecule has 0 aromatic rings. The molecule has 8 nitrogen and oxygen atoms in total. The summed E-state index contributed by atoms with van der Waals surface area (Å²) in [5.41, 5.74) is 0. The molecular weight excluding hydrogens is 392 g/mol. The second-order valence-electron chi connectivity index (χ2n) is 9.69. The molecule has 8 unspecified atom stereocenters. The fourth-order valence-electron chi connectivity index (χ4n) is 7.40. The minimum Gasteiger partial charge on any atom is -0.465 e. The number of esters is 1. The predicted octanol–water partition coefficient (Wildman–Crippen LogP) is 0.989. The number of aliphatic hydroxyl groups is 1. The van der Waals surface area contributed by atoms with Crippen molar-refractivity contribution in [1.82, 2.24) is 0 Å². The topological polar surface area (TPSA) is 92.7 Å². The molecule has 2 aliphatic heterocycles. The van der Waals surface area contributed by atoms with Crippen LogP contribution in [0.4, 0.5) is 0 Å². The van der Waals surface area contributed by atoms with Crippen LogP contribution in [0.15, 0.2) is 0 Å². The fourth-order valence-corrected chi connectivity index (χ4v) is 7.40. The van der Waals surface area contributed by atoms with E-state index in [-0.39, 0.29) is 72.0 Å². The number of hydrogen-bond acceptors (Lipinski definition) is 8. The van der Waals surface area contributed by atoms with Crippen molar-refractivity contribution in [2.45, 2.75) is 62.3 Å². The van der Waals surface area contributed by atoms with Gasteiger partial charge in [-0.1, -0.05) is 0 Å². The molecule has 0 amide bonds. The summed E-state index contributed by atoms with van der Waals surface area (Å²) in [6, 6.07) is 0. The minimum absolute atomic E-state index is 0.0406. The molecule has 2 saturated heterocycles. The summed E-state index contributed by atoms with van der Waals surface area (Å²) in [7, 11) is 5.11. The van der Waals surface area contributed by atoms with Crippen molar-refractivity contribution >= 4 is 5.97 Å². The highest BCUT2D eigenvalue weighted by Crippen LogP contribution is 2.57. The Morgan fingerprint density at radius 3 is 2.10 bits per heavy atom. The van der Waals surface area contributed by atoms with Gasteiger partial charge in [0.2, 0.25) is 0 Å². The highest BCUT2D eigenvalue weighted by Gasteiger charge is 2.61. The zero-order chi connectivity index (χ0) is 21.0. The van der Waals surface area contributed by atoms with Gasteiger partial charge in [0.05, 0.1) is 43.0 Å². The molecule has 170 valence electrons. The van der Waals surface area contributed by atoms with Gasteiger partial charge in [0.15, 0.2) is 0 Å². The SMILES string of the molecule is COC1CC([C@@H]2C3CC4OCOC4CC3[C@H](O)C3COC(=O)C32)CC(OC)C1OC. The Bertz CT molecular complexity index is 629. The first-order valence-corrected chi connectivity index (χ1v) is 11.2. The molecule has 0 radical (unpaired) electrons. The van der Waals surface area contributed by atoms with E-state index in [0.717, 1.165) is 25.7 Å². The van der Waals surface area contributed by atoms with Crippen LogP contribution in [0.2, 0.25) is 0 Å². The summed E-state index contributed by atoms with van der Waals surface area (Å²) < 4.78 is 34.4. The highest BCUT2D eigenvalue weighted by atomic mass is 16.7. The maximum absolute atomic E-state index is 12.9. The Balaban J connectivity index is 1.48. The van der Waals surface area contributed by atoms with Crippen molar-refractivity contribution < 1.29 is 38.3 Å². The number of carbonyl (C=O) groups excluding carboxylic acids is 1. The number of ether oxygens (including phenoxy) is 6. The van der Waals surface area contributed by atoms with E-state index in [9.17, 15) is 9.90 Å². The molecule has 5 rings (SSSR count). The smallest absolute Gasteiger partial charge is 0.309 e. The zero-order valence-electron chi connectivity index (χ0n) is 18.0. The third kappa shape index (κ3) is 3.22. The van der Waals surface area contributed by atoms with E-state index in [2.05, 4.69) is 0 Å². The first-order chi connectivity index (χ1) is 14.6. The average Bonchev–Trinajstić information content (AvgIpc) is 3.38. The highest BCUT2D eigenvalue weighted by molar-refractivity contribution is 5.75. The van der Waals surface area contributed by atoms with Gasteiger partial charge >= 0.3 is 5.97 Å². The van der Waals surface area contributed by atoms with Gasteiger partial charge in [-0.3, -0.25) is 4.79 Å². The second-order valence-corrected chi connectivity index (χ2v) is 9.69. The van der Waals surface area contributed by atoms with Crippen molar-refractivity contribution in [3.63, 3.8) is 0 Å². The third-order valence-electron chi connectivity index (χ3n) is 8.70. The molecule has 3 aliphatic carbocycles. The van der Waals surface area contributed by atoms with E-state index >= 15 is 0 Å². The van der Waals surface area contributed by atoms with E-state index < -0.39 is 6.10 Å². The largest absolute Gasteiger partial charge is 0.465 e. The maximum atomic E-state index is 12.9. The molecule has 10 atom stereocenters. The number of methoxy groups -OCH3 is 3. The lowest BCUT2D eigenvalue weighted by Gasteiger charge is -2.54. The summed E-state index contributed by atoms with van der Waals surface area (Å²) >= 11 is 0. The number of fused-ring (bicyclic) bond motifs is 3. The van der Waals surface area contributed by atoms with Crippen LogP contribution in [-0.2, 0) is 33.2 Å². The lowest BCUT2D eigenvalue weighted by molar-refractivity contribution is -0.176. The van der Waals surface area contributed by atoms with Crippen LogP contribution in [0.3, 0.4) is 0 Å². The van der Waals surface area contributed by atoms with Gasteiger partial charge in [0, 0.05) is 27.2 Å². The Morgan fingerprint density at radius 2 is 1.50 bits per heavy atom. The zero-order valence-corrected chi connectivity index (χ0v) is 18.0. The third-order valence-corrected chi connectivity index (χ3v) is 8.70. The Morgan fingerprint density at radius 1 is 0.867 bits per heavy atom. The first-order valence-electron chi connectivity index (χ1n) is 11.2. The van der Waals surface area contributed by atoms with E-state index in [0.29, 0.717) is 13.4 Å². The van der Waals surface area contributed by atoms with Crippen LogP contribution in [0.1, 0.15) is 25.7 Å². The molecule has 5 aliphatic rings. The van der Waals surface area contributed by atoms with Crippen molar-refractivity contribution in [3.8, 4) is 0 Å². The Kier molecular flexibility index (Phi) is 5.83. The molecular formula is C22H34O8. The van der Waals surface area contributed by atoms with Gasteiger partial charge in [-0.25, -0.2) is 0 Å². The van der Waals surface area contributed by atoms with E-state index in [1.165, 1.54) is 0 Å². The monoisotopic (exact) mass is 426 g/mol. The number of rotatable bonds is 4. The number of hydrogen-bond donors (Lipinski definition) is 1. The summed E-state index contributed by atoms with van der Waals surface area (Å²) in [4.78, 5) is 12.9. The van der Waals surface area contributed by atoms with E-state index in [1.54, 1.807) is 21.3 Å². The Hall–Kier alpha value is -0.770. The summed E-state index contributed by atoms with van der Waals surface area (Å²) in [5, 5.41) is 11.2.